The number of halogens is 1. The van der Waals surface area contributed by atoms with Crippen LogP contribution in [0.2, 0.25) is 0 Å². The van der Waals surface area contributed by atoms with Crippen LogP contribution >= 0.6 is 15.9 Å². The van der Waals surface area contributed by atoms with Crippen LogP contribution in [0.5, 0.6) is 0 Å². The molecule has 1 atom stereocenters. The number of nitro groups is 1. The summed E-state index contributed by atoms with van der Waals surface area (Å²) in [4.78, 5) is 15.3. The number of hydrogen-bond acceptors (Lipinski definition) is 4. The molecule has 0 aliphatic carbocycles. The van der Waals surface area contributed by atoms with E-state index in [1.807, 2.05) is 6.07 Å². The lowest BCUT2D eigenvalue weighted by Gasteiger charge is -2.36. The third-order valence-corrected chi connectivity index (χ3v) is 4.78. The van der Waals surface area contributed by atoms with Crippen molar-refractivity contribution in [1.29, 1.82) is 0 Å². The van der Waals surface area contributed by atoms with Crippen LogP contribution < -0.4 is 0 Å². The third-order valence-electron chi connectivity index (χ3n) is 3.86. The number of hydrogen-bond donors (Lipinski definition) is 0. The van der Waals surface area contributed by atoms with Gasteiger partial charge in [-0.1, -0.05) is 12.1 Å². The molecular weight excluding hydrogens is 322 g/mol. The van der Waals surface area contributed by atoms with Crippen molar-refractivity contribution in [3.8, 4) is 0 Å². The Morgan fingerprint density at radius 1 is 1.50 bits per heavy atom. The fraction of sp³-hybridized carbons (Fsp3) is 0.571. The van der Waals surface area contributed by atoms with Crippen molar-refractivity contribution in [3.63, 3.8) is 0 Å². The summed E-state index contributed by atoms with van der Waals surface area (Å²) in [6.45, 7) is 2.83. The van der Waals surface area contributed by atoms with Crippen molar-refractivity contribution in [1.82, 2.24) is 9.80 Å². The summed E-state index contributed by atoms with van der Waals surface area (Å²) >= 11 is 3.37. The monoisotopic (exact) mass is 341 g/mol. The lowest BCUT2D eigenvalue weighted by molar-refractivity contribution is -0.385. The maximum Gasteiger partial charge on any atom is 0.283 e. The summed E-state index contributed by atoms with van der Waals surface area (Å²) in [6.07, 6.45) is 2.40. The van der Waals surface area contributed by atoms with E-state index in [0.717, 1.165) is 25.2 Å². The van der Waals surface area contributed by atoms with Crippen LogP contribution in [0.15, 0.2) is 22.7 Å². The molecule has 5 nitrogen and oxygen atoms in total. The second-order valence-corrected chi connectivity index (χ2v) is 6.30. The molecule has 1 unspecified atom stereocenters. The van der Waals surface area contributed by atoms with Crippen LogP contribution in [0.3, 0.4) is 0 Å². The van der Waals surface area contributed by atoms with Crippen LogP contribution in [-0.4, -0.2) is 47.9 Å². The molecule has 0 bridgehead atoms. The van der Waals surface area contributed by atoms with E-state index in [1.165, 1.54) is 18.9 Å². The summed E-state index contributed by atoms with van der Waals surface area (Å²) in [6, 6.07) is 5.81. The Morgan fingerprint density at radius 2 is 2.25 bits per heavy atom. The van der Waals surface area contributed by atoms with Gasteiger partial charge in [0, 0.05) is 25.2 Å². The molecule has 1 aromatic rings. The molecule has 1 fully saturated rings. The Bertz CT molecular complexity index is 493. The second kappa shape index (κ2) is 6.65. The second-order valence-electron chi connectivity index (χ2n) is 5.50. The molecule has 0 radical (unpaired) electrons. The molecule has 0 aromatic heterocycles. The van der Waals surface area contributed by atoms with Gasteiger partial charge < -0.3 is 4.90 Å². The fourth-order valence-electron chi connectivity index (χ4n) is 2.67. The highest BCUT2D eigenvalue weighted by Crippen LogP contribution is 2.29. The first kappa shape index (κ1) is 15.4. The van der Waals surface area contributed by atoms with Crippen LogP contribution in [0.4, 0.5) is 5.69 Å². The van der Waals surface area contributed by atoms with Crippen LogP contribution in [0.25, 0.3) is 0 Å². The number of nitrogens with zero attached hydrogens (tertiary/aromatic N) is 3. The molecule has 6 heteroatoms. The first-order valence-electron chi connectivity index (χ1n) is 6.79. The average Bonchev–Trinajstić information content (AvgIpc) is 2.41. The summed E-state index contributed by atoms with van der Waals surface area (Å²) in [7, 11) is 4.22. The smallest absolute Gasteiger partial charge is 0.283 e. The molecule has 1 aliphatic rings. The van der Waals surface area contributed by atoms with Crippen molar-refractivity contribution >= 4 is 21.6 Å². The largest absolute Gasteiger partial charge is 0.305 e. The van der Waals surface area contributed by atoms with Gasteiger partial charge in [-0.25, -0.2) is 0 Å². The van der Waals surface area contributed by atoms with Gasteiger partial charge in [0.25, 0.3) is 5.69 Å². The molecule has 0 spiro atoms. The topological polar surface area (TPSA) is 49.6 Å². The zero-order valence-electron chi connectivity index (χ0n) is 11.9. The van der Waals surface area contributed by atoms with Gasteiger partial charge in [-0.3, -0.25) is 15.0 Å². The van der Waals surface area contributed by atoms with Crippen LogP contribution in [-0.2, 0) is 6.54 Å². The molecule has 0 amide bonds. The van der Waals surface area contributed by atoms with Crippen LogP contribution in [0, 0.1) is 10.1 Å². The van der Waals surface area contributed by atoms with E-state index in [2.05, 4.69) is 39.8 Å². The Morgan fingerprint density at radius 3 is 2.90 bits per heavy atom. The predicted octanol–water partition coefficient (Wildman–Crippen LogP) is 2.88. The molecule has 1 saturated heterocycles. The van der Waals surface area contributed by atoms with Crippen molar-refractivity contribution in [2.24, 2.45) is 0 Å². The normalized spacial score (nSPS) is 20.3. The number of rotatable bonds is 4. The first-order valence-corrected chi connectivity index (χ1v) is 7.59. The highest BCUT2D eigenvalue weighted by molar-refractivity contribution is 9.10. The quantitative estimate of drug-likeness (QED) is 0.624. The van der Waals surface area contributed by atoms with Gasteiger partial charge in [0.05, 0.1) is 9.40 Å². The fourth-order valence-corrected chi connectivity index (χ4v) is 3.20. The van der Waals surface area contributed by atoms with Crippen molar-refractivity contribution in [3.05, 3.63) is 38.3 Å². The highest BCUT2D eigenvalue weighted by Gasteiger charge is 2.23. The third kappa shape index (κ3) is 3.56. The lowest BCUT2D eigenvalue weighted by Crippen LogP contribution is -2.44. The van der Waals surface area contributed by atoms with Crippen molar-refractivity contribution in [2.45, 2.75) is 25.4 Å². The zero-order valence-corrected chi connectivity index (χ0v) is 13.5. The van der Waals surface area contributed by atoms with E-state index in [1.54, 1.807) is 6.07 Å². The van der Waals surface area contributed by atoms with E-state index in [-0.39, 0.29) is 10.6 Å². The maximum atomic E-state index is 11.0. The summed E-state index contributed by atoms with van der Waals surface area (Å²) in [5, 5.41) is 11.0. The van der Waals surface area contributed by atoms with Crippen LogP contribution in [0.1, 0.15) is 18.4 Å². The molecule has 20 heavy (non-hydrogen) atoms. The number of likely N-dealkylation sites (N-methyl/N-ethyl adjacent to an activating group) is 1. The molecule has 1 heterocycles. The van der Waals surface area contributed by atoms with Gasteiger partial charge in [0.2, 0.25) is 0 Å². The van der Waals surface area contributed by atoms with Crippen molar-refractivity contribution < 1.29 is 4.92 Å². The van der Waals surface area contributed by atoms with E-state index in [4.69, 9.17) is 0 Å². The van der Waals surface area contributed by atoms with Gasteiger partial charge >= 0.3 is 0 Å². The predicted molar refractivity (Wildman–Crippen MR) is 82.8 cm³/mol. The van der Waals surface area contributed by atoms with E-state index in [0.29, 0.717) is 10.5 Å². The molecule has 2 rings (SSSR count). The Hall–Kier alpha value is -0.980. The number of likely N-dealkylation sites (tertiary alicyclic amines) is 1. The number of benzene rings is 1. The number of piperidine rings is 1. The van der Waals surface area contributed by atoms with E-state index >= 15 is 0 Å². The minimum absolute atomic E-state index is 0.142. The zero-order chi connectivity index (χ0) is 14.7. The SMILES string of the molecule is CN(C)C1CCCN(Cc2cccc([N+](=O)[O-])c2Br)C1. The summed E-state index contributed by atoms with van der Waals surface area (Å²) in [5.74, 6) is 0. The Balaban J connectivity index is 2.10. The van der Waals surface area contributed by atoms with Gasteiger partial charge in [-0.05, 0) is 55.0 Å². The molecule has 1 aliphatic heterocycles. The molecule has 0 N–H and O–H groups in total. The Kier molecular flexibility index (Phi) is 5.12. The lowest BCUT2D eigenvalue weighted by atomic mass is 10.0. The summed E-state index contributed by atoms with van der Waals surface area (Å²) < 4.78 is 0.608. The van der Waals surface area contributed by atoms with Crippen molar-refractivity contribution in [2.75, 3.05) is 27.2 Å². The van der Waals surface area contributed by atoms with Gasteiger partial charge in [0.15, 0.2) is 0 Å². The standard InChI is InChI=1S/C14H20BrN3O2/c1-16(2)12-6-4-8-17(10-12)9-11-5-3-7-13(14(11)15)18(19)20/h3,5,7,12H,4,6,8-10H2,1-2H3. The van der Waals surface area contributed by atoms with E-state index < -0.39 is 0 Å². The minimum Gasteiger partial charge on any atom is -0.305 e. The molecule has 1 aromatic carbocycles. The summed E-state index contributed by atoms with van der Waals surface area (Å²) in [5.41, 5.74) is 1.13. The molecule has 0 saturated carbocycles. The van der Waals surface area contributed by atoms with Gasteiger partial charge in [0.1, 0.15) is 0 Å². The highest BCUT2D eigenvalue weighted by atomic mass is 79.9. The van der Waals surface area contributed by atoms with Gasteiger partial charge in [-0.2, -0.15) is 0 Å². The average molecular weight is 342 g/mol. The molecular formula is C14H20BrN3O2. The first-order chi connectivity index (χ1) is 9.49. The molecule has 110 valence electrons. The van der Waals surface area contributed by atoms with E-state index in [9.17, 15) is 10.1 Å². The minimum atomic E-state index is -0.341. The Labute approximate surface area is 127 Å². The number of nitro benzene ring substituents is 1. The maximum absolute atomic E-state index is 11.0. The van der Waals surface area contributed by atoms with Gasteiger partial charge in [-0.15, -0.1) is 0 Å².